The van der Waals surface area contributed by atoms with E-state index < -0.39 is 0 Å². The molecule has 6 nitrogen and oxygen atoms in total. The van der Waals surface area contributed by atoms with Crippen LogP contribution in [0.25, 0.3) is 21.9 Å². The summed E-state index contributed by atoms with van der Waals surface area (Å²) in [6.07, 6.45) is 4.60. The van der Waals surface area contributed by atoms with Gasteiger partial charge in [-0.1, -0.05) is 5.16 Å². The van der Waals surface area contributed by atoms with Crippen molar-refractivity contribution >= 4 is 21.9 Å². The van der Waals surface area contributed by atoms with Gasteiger partial charge in [0.15, 0.2) is 5.82 Å². The van der Waals surface area contributed by atoms with Gasteiger partial charge in [0, 0.05) is 27.9 Å². The lowest BCUT2D eigenvalue weighted by atomic mass is 9.96. The van der Waals surface area contributed by atoms with Gasteiger partial charge < -0.3 is 19.1 Å². The molecule has 0 unspecified atom stereocenters. The van der Waals surface area contributed by atoms with E-state index in [0.29, 0.717) is 18.1 Å². The van der Waals surface area contributed by atoms with Crippen molar-refractivity contribution < 1.29 is 13.4 Å². The third-order valence-corrected chi connectivity index (χ3v) is 3.95. The summed E-state index contributed by atoms with van der Waals surface area (Å²) in [7, 11) is 0. The summed E-state index contributed by atoms with van der Waals surface area (Å²) in [6.45, 7) is 3.78. The van der Waals surface area contributed by atoms with E-state index in [4.69, 9.17) is 19.1 Å². The second-order valence-electron chi connectivity index (χ2n) is 5.88. The van der Waals surface area contributed by atoms with Gasteiger partial charge in [-0.15, -0.1) is 0 Å². The molecule has 118 valence electrons. The van der Waals surface area contributed by atoms with Crippen LogP contribution in [0.4, 0.5) is 0 Å². The largest absolute Gasteiger partial charge is 0.464 e. The Balaban J connectivity index is 1.95. The Morgan fingerprint density at radius 1 is 1.09 bits per heavy atom. The normalized spacial score (nSPS) is 13.2. The molecular formula is C17H17N3O3. The van der Waals surface area contributed by atoms with Crippen LogP contribution in [-0.2, 0) is 12.8 Å². The summed E-state index contributed by atoms with van der Waals surface area (Å²) in [5, 5.41) is 5.87. The van der Waals surface area contributed by atoms with Gasteiger partial charge in [-0.25, -0.2) is 0 Å². The molecule has 3 heterocycles. The molecule has 0 spiro atoms. The van der Waals surface area contributed by atoms with Crippen LogP contribution in [0.15, 0.2) is 38.0 Å². The van der Waals surface area contributed by atoms with Crippen LogP contribution in [0, 0.1) is 6.92 Å². The highest BCUT2D eigenvalue weighted by Gasteiger charge is 2.21. The number of aryl methyl sites for hydroxylation is 1. The molecule has 0 amide bonds. The average molecular weight is 311 g/mol. The van der Waals surface area contributed by atoms with Gasteiger partial charge in [-0.05, 0) is 32.4 Å². The zero-order valence-corrected chi connectivity index (χ0v) is 13.0. The number of hydrogen-bond acceptors (Lipinski definition) is 6. The zero-order valence-electron chi connectivity index (χ0n) is 13.0. The van der Waals surface area contributed by atoms with E-state index in [1.165, 1.54) is 0 Å². The fraction of sp³-hybridized carbons (Fsp3) is 0.294. The Hall–Kier alpha value is -2.60. The minimum absolute atomic E-state index is 0.0332. The third kappa shape index (κ3) is 2.31. The monoisotopic (exact) mass is 311 g/mol. The standard InChI is InChI=1S/C17H17N3O3/c1-9(18)7-13-11-3-5-22-17(11)14(12-4-6-21-16(12)13)8-15-19-10(2)20-23-15/h3-6,9H,7-8,18H2,1-2H3/t9-/m1/s1. The second kappa shape index (κ2) is 5.24. The van der Waals surface area contributed by atoms with Crippen LogP contribution in [-0.4, -0.2) is 16.2 Å². The quantitative estimate of drug-likeness (QED) is 0.621. The smallest absolute Gasteiger partial charge is 0.231 e. The second-order valence-corrected chi connectivity index (χ2v) is 5.88. The summed E-state index contributed by atoms with van der Waals surface area (Å²) >= 11 is 0. The van der Waals surface area contributed by atoms with Crippen LogP contribution in [0.2, 0.25) is 0 Å². The highest BCUT2D eigenvalue weighted by molar-refractivity contribution is 6.01. The molecule has 0 bridgehead atoms. The van der Waals surface area contributed by atoms with Crippen molar-refractivity contribution in [2.24, 2.45) is 5.73 Å². The molecule has 0 aliphatic carbocycles. The molecule has 0 aliphatic rings. The predicted molar refractivity (Wildman–Crippen MR) is 85.2 cm³/mol. The van der Waals surface area contributed by atoms with E-state index >= 15 is 0 Å². The van der Waals surface area contributed by atoms with Gasteiger partial charge in [0.05, 0.1) is 18.9 Å². The van der Waals surface area contributed by atoms with Gasteiger partial charge in [-0.2, -0.15) is 4.98 Å². The maximum atomic E-state index is 6.00. The van der Waals surface area contributed by atoms with Gasteiger partial charge in [-0.3, -0.25) is 0 Å². The van der Waals surface area contributed by atoms with Gasteiger partial charge >= 0.3 is 0 Å². The van der Waals surface area contributed by atoms with Crippen LogP contribution in [0.1, 0.15) is 29.8 Å². The lowest BCUT2D eigenvalue weighted by Gasteiger charge is -2.10. The summed E-state index contributed by atoms with van der Waals surface area (Å²) in [5.41, 5.74) is 9.75. The van der Waals surface area contributed by atoms with E-state index in [-0.39, 0.29) is 6.04 Å². The minimum Gasteiger partial charge on any atom is -0.464 e. The molecule has 1 atom stereocenters. The first-order chi connectivity index (χ1) is 11.1. The highest BCUT2D eigenvalue weighted by Crippen LogP contribution is 2.36. The van der Waals surface area contributed by atoms with E-state index in [9.17, 15) is 0 Å². The third-order valence-electron chi connectivity index (χ3n) is 3.95. The van der Waals surface area contributed by atoms with Crippen molar-refractivity contribution in [3.63, 3.8) is 0 Å². The molecular weight excluding hydrogens is 294 g/mol. The lowest BCUT2D eigenvalue weighted by molar-refractivity contribution is 0.381. The van der Waals surface area contributed by atoms with Crippen molar-refractivity contribution in [1.82, 2.24) is 10.1 Å². The molecule has 4 rings (SSSR count). The van der Waals surface area contributed by atoms with Crippen LogP contribution in [0.3, 0.4) is 0 Å². The molecule has 2 N–H and O–H groups in total. The van der Waals surface area contributed by atoms with Crippen molar-refractivity contribution in [2.75, 3.05) is 0 Å². The zero-order chi connectivity index (χ0) is 16.0. The first-order valence-corrected chi connectivity index (χ1v) is 7.56. The van der Waals surface area contributed by atoms with Gasteiger partial charge in [0.25, 0.3) is 0 Å². The molecule has 0 fully saturated rings. The van der Waals surface area contributed by atoms with Crippen molar-refractivity contribution in [3.8, 4) is 0 Å². The number of nitrogens with two attached hydrogens (primary N) is 1. The van der Waals surface area contributed by atoms with Crippen LogP contribution >= 0.6 is 0 Å². The van der Waals surface area contributed by atoms with Gasteiger partial charge in [0.2, 0.25) is 5.89 Å². The lowest BCUT2D eigenvalue weighted by Crippen LogP contribution is -2.18. The number of nitrogens with zero attached hydrogens (tertiary/aromatic N) is 2. The Labute approximate surface area is 132 Å². The van der Waals surface area contributed by atoms with E-state index in [2.05, 4.69) is 10.1 Å². The first kappa shape index (κ1) is 14.0. The first-order valence-electron chi connectivity index (χ1n) is 7.56. The van der Waals surface area contributed by atoms with E-state index in [1.54, 1.807) is 19.5 Å². The number of hydrogen-bond donors (Lipinski definition) is 1. The molecule has 3 aromatic heterocycles. The van der Waals surface area contributed by atoms with Crippen LogP contribution in [0.5, 0.6) is 0 Å². The molecule has 6 heteroatoms. The Kier molecular flexibility index (Phi) is 3.20. The summed E-state index contributed by atoms with van der Waals surface area (Å²) in [4.78, 5) is 4.29. The minimum atomic E-state index is 0.0332. The Morgan fingerprint density at radius 3 is 2.35 bits per heavy atom. The highest BCUT2D eigenvalue weighted by atomic mass is 16.5. The number of aromatic nitrogens is 2. The average Bonchev–Trinajstić information content (AvgIpc) is 3.22. The molecule has 0 saturated heterocycles. The number of furan rings is 2. The van der Waals surface area contributed by atoms with Crippen molar-refractivity contribution in [2.45, 2.75) is 32.7 Å². The maximum absolute atomic E-state index is 6.00. The van der Waals surface area contributed by atoms with Gasteiger partial charge in [0.1, 0.15) is 11.2 Å². The Bertz CT molecular complexity index is 926. The maximum Gasteiger partial charge on any atom is 0.231 e. The number of fused-ring (bicyclic) bond motifs is 2. The molecule has 1 aromatic carbocycles. The fourth-order valence-electron chi connectivity index (χ4n) is 3.07. The van der Waals surface area contributed by atoms with E-state index in [0.717, 1.165) is 39.5 Å². The summed E-state index contributed by atoms with van der Waals surface area (Å²) in [6, 6.07) is 3.93. The molecule has 0 radical (unpaired) electrons. The summed E-state index contributed by atoms with van der Waals surface area (Å²) < 4.78 is 16.8. The summed E-state index contributed by atoms with van der Waals surface area (Å²) in [5.74, 6) is 1.18. The van der Waals surface area contributed by atoms with E-state index in [1.807, 2.05) is 19.1 Å². The predicted octanol–water partition coefficient (Wildman–Crippen LogP) is 3.35. The SMILES string of the molecule is Cc1noc(Cc2c3ccoc3c(C[C@@H](C)N)c3ccoc23)n1. The molecule has 0 saturated carbocycles. The number of rotatable bonds is 4. The molecule has 0 aliphatic heterocycles. The van der Waals surface area contributed by atoms with Crippen molar-refractivity contribution in [1.29, 1.82) is 0 Å². The number of benzene rings is 1. The molecule has 23 heavy (non-hydrogen) atoms. The van der Waals surface area contributed by atoms with Crippen molar-refractivity contribution in [3.05, 3.63) is 47.5 Å². The Morgan fingerprint density at radius 2 is 1.74 bits per heavy atom. The fourth-order valence-corrected chi connectivity index (χ4v) is 3.07. The van der Waals surface area contributed by atoms with Crippen LogP contribution < -0.4 is 5.73 Å². The topological polar surface area (TPSA) is 91.2 Å². The molecule has 4 aromatic rings.